The molecule has 7 nitrogen and oxygen atoms in total. The zero-order chi connectivity index (χ0) is 21.5. The summed E-state index contributed by atoms with van der Waals surface area (Å²) in [6.07, 6.45) is 6.93. The van der Waals surface area contributed by atoms with Gasteiger partial charge in [0.05, 0.1) is 5.56 Å². The van der Waals surface area contributed by atoms with Crippen LogP contribution in [0.1, 0.15) is 68.3 Å². The molecular weight excluding hydrogens is 382 g/mol. The lowest BCUT2D eigenvalue weighted by Gasteiger charge is -2.44. The van der Waals surface area contributed by atoms with Crippen molar-refractivity contribution < 1.29 is 19.1 Å². The topological polar surface area (TPSA) is 87.7 Å². The molecule has 0 radical (unpaired) electrons. The largest absolute Gasteiger partial charge is 0.452 e. The lowest BCUT2D eigenvalue weighted by molar-refractivity contribution is -0.140. The lowest BCUT2D eigenvalue weighted by Crippen LogP contribution is -2.50. The van der Waals surface area contributed by atoms with Crippen molar-refractivity contribution in [2.75, 3.05) is 13.2 Å². The van der Waals surface area contributed by atoms with E-state index in [1.165, 1.54) is 25.7 Å². The second-order valence-electron chi connectivity index (χ2n) is 8.60. The number of rotatable bonds is 6. The Bertz CT molecular complexity index is 745. The van der Waals surface area contributed by atoms with E-state index in [2.05, 4.69) is 10.6 Å². The summed E-state index contributed by atoms with van der Waals surface area (Å²) < 4.78 is 5.29. The molecule has 1 saturated carbocycles. The third-order valence-corrected chi connectivity index (χ3v) is 5.95. The zero-order valence-electron chi connectivity index (χ0n) is 18.0. The van der Waals surface area contributed by atoms with Crippen LogP contribution < -0.4 is 10.6 Å². The number of urea groups is 1. The number of amides is 3. The van der Waals surface area contributed by atoms with Crippen molar-refractivity contribution >= 4 is 17.9 Å². The summed E-state index contributed by atoms with van der Waals surface area (Å²) in [4.78, 5) is 38.6. The van der Waals surface area contributed by atoms with Crippen molar-refractivity contribution in [2.24, 2.45) is 5.92 Å². The Morgan fingerprint density at radius 3 is 2.50 bits per heavy atom. The van der Waals surface area contributed by atoms with Crippen LogP contribution in [0.15, 0.2) is 24.3 Å². The monoisotopic (exact) mass is 415 g/mol. The summed E-state index contributed by atoms with van der Waals surface area (Å²) in [7, 11) is 0. The number of fused-ring (bicyclic) bond motifs is 1. The second-order valence-corrected chi connectivity index (χ2v) is 8.60. The summed E-state index contributed by atoms with van der Waals surface area (Å²) in [5, 5.41) is 5.52. The molecule has 1 aliphatic heterocycles. The SMILES string of the molecule is CC(C)NC(=O)NCc1ccc(C(=O)OCC(=O)N2CCC[C@H]3CCCC[C@H]32)cc1. The predicted octanol–water partition coefficient (Wildman–Crippen LogP) is 3.23. The quantitative estimate of drug-likeness (QED) is 0.699. The molecule has 3 amide bonds. The highest BCUT2D eigenvalue weighted by Crippen LogP contribution is 2.35. The first kappa shape index (κ1) is 22.1. The highest BCUT2D eigenvalue weighted by molar-refractivity contribution is 5.91. The van der Waals surface area contributed by atoms with E-state index in [0.717, 1.165) is 24.9 Å². The molecule has 0 aromatic heterocycles. The molecule has 2 aliphatic rings. The number of nitrogens with one attached hydrogen (secondary N) is 2. The fourth-order valence-electron chi connectivity index (χ4n) is 4.48. The molecule has 164 valence electrons. The number of benzene rings is 1. The number of carbonyl (C=O) groups is 3. The second kappa shape index (κ2) is 10.5. The van der Waals surface area contributed by atoms with Gasteiger partial charge in [0.15, 0.2) is 6.61 Å². The highest BCUT2D eigenvalue weighted by Gasteiger charge is 2.35. The maximum absolute atomic E-state index is 12.7. The number of hydrogen-bond donors (Lipinski definition) is 2. The number of ether oxygens (including phenoxy) is 1. The van der Waals surface area contributed by atoms with Gasteiger partial charge in [0, 0.05) is 25.2 Å². The van der Waals surface area contributed by atoms with Gasteiger partial charge in [-0.2, -0.15) is 0 Å². The molecule has 7 heteroatoms. The molecule has 1 aromatic carbocycles. The average molecular weight is 416 g/mol. The molecule has 0 unspecified atom stereocenters. The number of nitrogens with zero attached hydrogens (tertiary/aromatic N) is 1. The molecule has 1 aliphatic carbocycles. The van der Waals surface area contributed by atoms with Gasteiger partial charge in [0.25, 0.3) is 5.91 Å². The van der Waals surface area contributed by atoms with E-state index < -0.39 is 5.97 Å². The van der Waals surface area contributed by atoms with Crippen LogP contribution in [0.25, 0.3) is 0 Å². The molecule has 0 spiro atoms. The third kappa shape index (κ3) is 5.97. The van der Waals surface area contributed by atoms with Gasteiger partial charge in [-0.1, -0.05) is 25.0 Å². The van der Waals surface area contributed by atoms with E-state index >= 15 is 0 Å². The molecule has 3 rings (SSSR count). The van der Waals surface area contributed by atoms with Gasteiger partial charge >= 0.3 is 12.0 Å². The Kier molecular flexibility index (Phi) is 7.71. The van der Waals surface area contributed by atoms with Crippen LogP contribution in [-0.2, 0) is 16.1 Å². The summed E-state index contributed by atoms with van der Waals surface area (Å²) in [6.45, 7) is 4.71. The fourth-order valence-corrected chi connectivity index (χ4v) is 4.48. The van der Waals surface area contributed by atoms with Crippen molar-refractivity contribution in [3.63, 3.8) is 0 Å². The van der Waals surface area contributed by atoms with Crippen LogP contribution in [0.2, 0.25) is 0 Å². The van der Waals surface area contributed by atoms with Crippen LogP contribution in [0, 0.1) is 5.92 Å². The van der Waals surface area contributed by atoms with Crippen molar-refractivity contribution in [1.29, 1.82) is 0 Å². The molecular formula is C23H33N3O4. The molecule has 0 bridgehead atoms. The van der Waals surface area contributed by atoms with E-state index in [1.807, 2.05) is 18.7 Å². The Morgan fingerprint density at radius 2 is 1.77 bits per heavy atom. The molecule has 1 heterocycles. The predicted molar refractivity (Wildman–Crippen MR) is 114 cm³/mol. The van der Waals surface area contributed by atoms with Crippen molar-refractivity contribution in [3.05, 3.63) is 35.4 Å². The van der Waals surface area contributed by atoms with Gasteiger partial charge in [-0.3, -0.25) is 4.79 Å². The van der Waals surface area contributed by atoms with Crippen LogP contribution in [0.3, 0.4) is 0 Å². The first-order valence-corrected chi connectivity index (χ1v) is 11.0. The normalized spacial score (nSPS) is 21.0. The standard InChI is InChI=1S/C23H33N3O4/c1-16(2)25-23(29)24-14-17-9-11-19(12-10-17)22(28)30-15-21(27)26-13-5-7-18-6-3-4-8-20(18)26/h9-12,16,18,20H,3-8,13-15H2,1-2H3,(H2,24,25,29)/t18-,20-/m1/s1. The van der Waals surface area contributed by atoms with E-state index in [-0.39, 0.29) is 24.6 Å². The molecule has 30 heavy (non-hydrogen) atoms. The van der Waals surface area contributed by atoms with E-state index in [9.17, 15) is 14.4 Å². The zero-order valence-corrected chi connectivity index (χ0v) is 18.0. The number of piperidine rings is 1. The molecule has 2 N–H and O–H groups in total. The smallest absolute Gasteiger partial charge is 0.338 e. The van der Waals surface area contributed by atoms with Crippen LogP contribution in [0.4, 0.5) is 4.79 Å². The van der Waals surface area contributed by atoms with Gasteiger partial charge in [-0.15, -0.1) is 0 Å². The van der Waals surface area contributed by atoms with E-state index in [1.54, 1.807) is 24.3 Å². The maximum atomic E-state index is 12.7. The Labute approximate surface area is 178 Å². The number of hydrogen-bond acceptors (Lipinski definition) is 4. The van der Waals surface area contributed by atoms with Crippen LogP contribution >= 0.6 is 0 Å². The Balaban J connectivity index is 1.46. The van der Waals surface area contributed by atoms with E-state index in [4.69, 9.17) is 4.74 Å². The Hall–Kier alpha value is -2.57. The maximum Gasteiger partial charge on any atom is 0.338 e. The number of likely N-dealkylation sites (tertiary alicyclic amines) is 1. The summed E-state index contributed by atoms with van der Waals surface area (Å²) in [6, 6.07) is 7.00. The fraction of sp³-hybridized carbons (Fsp3) is 0.609. The highest BCUT2D eigenvalue weighted by atomic mass is 16.5. The average Bonchev–Trinajstić information content (AvgIpc) is 2.75. The number of esters is 1. The first-order chi connectivity index (χ1) is 14.4. The molecule has 2 atom stereocenters. The third-order valence-electron chi connectivity index (χ3n) is 5.95. The van der Waals surface area contributed by atoms with Gasteiger partial charge in [-0.25, -0.2) is 9.59 Å². The van der Waals surface area contributed by atoms with Gasteiger partial charge in [0.2, 0.25) is 0 Å². The van der Waals surface area contributed by atoms with E-state index in [0.29, 0.717) is 24.1 Å². The van der Waals surface area contributed by atoms with Crippen molar-refractivity contribution in [2.45, 2.75) is 71.0 Å². The summed E-state index contributed by atoms with van der Waals surface area (Å²) in [5.74, 6) is 0.0190. The number of carbonyl (C=O) groups excluding carboxylic acids is 3. The molecule has 1 saturated heterocycles. The van der Waals surface area contributed by atoms with Gasteiger partial charge < -0.3 is 20.3 Å². The summed E-state index contributed by atoms with van der Waals surface area (Å²) >= 11 is 0. The van der Waals surface area contributed by atoms with Crippen molar-refractivity contribution in [1.82, 2.24) is 15.5 Å². The summed E-state index contributed by atoms with van der Waals surface area (Å²) in [5.41, 5.74) is 1.27. The van der Waals surface area contributed by atoms with Crippen LogP contribution in [-0.4, -0.2) is 48.0 Å². The Morgan fingerprint density at radius 1 is 1.07 bits per heavy atom. The molecule has 2 fully saturated rings. The minimum atomic E-state index is -0.502. The minimum Gasteiger partial charge on any atom is -0.452 e. The van der Waals surface area contributed by atoms with Gasteiger partial charge in [-0.05, 0) is 63.1 Å². The lowest BCUT2D eigenvalue weighted by atomic mass is 9.78. The first-order valence-electron chi connectivity index (χ1n) is 11.0. The van der Waals surface area contributed by atoms with Crippen molar-refractivity contribution in [3.8, 4) is 0 Å². The molecule has 1 aromatic rings. The van der Waals surface area contributed by atoms with Gasteiger partial charge in [0.1, 0.15) is 0 Å². The minimum absolute atomic E-state index is 0.0683. The van der Waals surface area contributed by atoms with Crippen LogP contribution in [0.5, 0.6) is 0 Å².